The van der Waals surface area contributed by atoms with Crippen LogP contribution in [0.2, 0.25) is 0 Å². The van der Waals surface area contributed by atoms with Gasteiger partial charge in [0.2, 0.25) is 47.3 Å². The molecule has 23 nitrogen and oxygen atoms in total. The Morgan fingerprint density at radius 3 is 1.56 bits per heavy atom. The van der Waals surface area contributed by atoms with Gasteiger partial charge in [0.25, 0.3) is 5.91 Å². The summed E-state index contributed by atoms with van der Waals surface area (Å²) < 4.78 is 5.78. The van der Waals surface area contributed by atoms with E-state index in [0.29, 0.717) is 35.3 Å². The van der Waals surface area contributed by atoms with Crippen LogP contribution in [-0.4, -0.2) is 207 Å². The Hall–Kier alpha value is -6.94. The summed E-state index contributed by atoms with van der Waals surface area (Å²) in [4.78, 5) is 181. The van der Waals surface area contributed by atoms with Gasteiger partial charge in [-0.3, -0.25) is 52.7 Å². The van der Waals surface area contributed by atoms with Crippen molar-refractivity contribution in [2.24, 2.45) is 29.4 Å². The lowest BCUT2D eigenvalue weighted by atomic mass is 9.90. The molecule has 0 saturated carbocycles. The van der Waals surface area contributed by atoms with E-state index >= 15 is 19.2 Å². The third-order valence-corrected chi connectivity index (χ3v) is 24.5. The smallest absolute Gasteiger partial charge is 0.329 e. The first-order valence-corrected chi connectivity index (χ1v) is 40.6. The van der Waals surface area contributed by atoms with E-state index in [9.17, 15) is 38.4 Å². The second-order valence-electron chi connectivity index (χ2n) is 30.1. The molecule has 1 heterocycles. The number of rotatable bonds is 22. The molecule has 1 fully saturated rings. The normalized spacial score (nSPS) is 24.2. The lowest BCUT2D eigenvalue weighted by molar-refractivity contribution is -0.157. The van der Waals surface area contributed by atoms with Crippen LogP contribution in [0.15, 0.2) is 91.0 Å². The summed E-state index contributed by atoms with van der Waals surface area (Å²) in [5.74, 6) is -10.1. The molecule has 7 N–H and O–H groups in total. The highest BCUT2D eigenvalue weighted by molar-refractivity contribution is 8.77. The number of carbonyl (C=O) groups excluding carboxylic acids is 12. The summed E-state index contributed by atoms with van der Waals surface area (Å²) in [6, 6.07) is 15.7. The second-order valence-corrected chi connectivity index (χ2v) is 36.5. The maximum atomic E-state index is 15.3. The summed E-state index contributed by atoms with van der Waals surface area (Å²) in [6.07, 6.45) is -1.50. The number of Topliss-reactive ketones (excluding diaryl/α,β-unsaturated/α-hetero) is 2. The van der Waals surface area contributed by atoms with E-state index in [1.54, 1.807) is 109 Å². The number of benzene rings is 3. The highest BCUT2D eigenvalue weighted by Crippen LogP contribution is 2.37. The molecule has 1 aliphatic heterocycles. The Morgan fingerprint density at radius 1 is 0.529 bits per heavy atom. The lowest BCUT2D eigenvalue weighted by Crippen LogP contribution is -2.58. The number of cyclic esters (lactones) is 1. The van der Waals surface area contributed by atoms with Gasteiger partial charge in [0.1, 0.15) is 36.3 Å². The zero-order chi connectivity index (χ0) is 77.9. The van der Waals surface area contributed by atoms with Crippen molar-refractivity contribution >= 4 is 114 Å². The Balaban J connectivity index is 1.90. The minimum absolute atomic E-state index is 0.0113. The summed E-state index contributed by atoms with van der Waals surface area (Å²) in [6.45, 7) is 25.7. The van der Waals surface area contributed by atoms with Crippen molar-refractivity contribution in [3.8, 4) is 0 Å². The number of ether oxygens (including phenoxy) is 1. The molecule has 1 aliphatic rings. The molecule has 27 heteroatoms. The van der Waals surface area contributed by atoms with E-state index < -0.39 is 144 Å². The highest BCUT2D eigenvalue weighted by Gasteiger charge is 2.41. The zero-order valence-corrected chi connectivity index (χ0v) is 67.5. The largest absolute Gasteiger partial charge is 0.450 e. The number of esters is 1. The molecule has 3 aromatic rings. The van der Waals surface area contributed by atoms with Crippen LogP contribution in [0.4, 0.5) is 0 Å². The molecule has 12 atom stereocenters. The van der Waals surface area contributed by atoms with Crippen molar-refractivity contribution in [1.29, 1.82) is 0 Å². The number of nitrogens with one attached hydrogen (secondary N) is 5. The molecule has 1 unspecified atom stereocenters. The lowest BCUT2D eigenvalue weighted by Gasteiger charge is -2.36. The molecule has 576 valence electrons. The number of nitrogens with two attached hydrogens (primary N) is 1. The molecule has 0 aliphatic carbocycles. The van der Waals surface area contributed by atoms with Gasteiger partial charge in [-0.15, -0.1) is 0 Å². The van der Waals surface area contributed by atoms with Crippen LogP contribution >= 0.6 is 43.2 Å². The third-order valence-electron chi connectivity index (χ3n) is 17.8. The molecule has 9 amide bonds. The molecule has 1 saturated heterocycles. The molecule has 104 heavy (non-hydrogen) atoms. The Morgan fingerprint density at radius 2 is 1.02 bits per heavy atom. The van der Waals surface area contributed by atoms with Crippen LogP contribution in [-0.2, 0) is 81.5 Å². The van der Waals surface area contributed by atoms with Crippen LogP contribution in [0.5, 0.6) is 0 Å². The molecule has 0 radical (unpaired) electrons. The van der Waals surface area contributed by atoms with Crippen LogP contribution < -0.4 is 32.3 Å². The van der Waals surface area contributed by atoms with Gasteiger partial charge < -0.3 is 56.7 Å². The van der Waals surface area contributed by atoms with Crippen LogP contribution in [0, 0.1) is 23.7 Å². The second kappa shape index (κ2) is 43.0. The van der Waals surface area contributed by atoms with Gasteiger partial charge in [0.15, 0.2) is 17.7 Å². The molecule has 0 bridgehead atoms. The highest BCUT2D eigenvalue weighted by atomic mass is 33.1. The summed E-state index contributed by atoms with van der Waals surface area (Å²) in [7, 11) is 11.5. The maximum absolute atomic E-state index is 15.3. The van der Waals surface area contributed by atoms with Crippen molar-refractivity contribution in [2.75, 3.05) is 46.2 Å². The van der Waals surface area contributed by atoms with E-state index in [1.807, 2.05) is 48.5 Å². The number of hydrogen-bond donors (Lipinski definition) is 6. The number of likely N-dealkylation sites (N-methyl/N-ethyl adjacent to an activating group) is 4. The van der Waals surface area contributed by atoms with Crippen molar-refractivity contribution in [3.05, 3.63) is 108 Å². The minimum Gasteiger partial charge on any atom is -0.450 e. The monoisotopic (exact) mass is 1520 g/mol. The fourth-order valence-corrected chi connectivity index (χ4v) is 16.4. The average molecular weight is 1520 g/mol. The molecule has 4 rings (SSSR count). The first kappa shape index (κ1) is 89.5. The molecule has 3 aromatic carbocycles. The molecular formula is C77H116N10O13S4. The average Bonchev–Trinajstić information content (AvgIpc) is 0.822. The van der Waals surface area contributed by atoms with E-state index in [2.05, 4.69) is 47.4 Å². The van der Waals surface area contributed by atoms with Crippen LogP contribution in [0.25, 0.3) is 0 Å². The minimum atomic E-state index is -1.58. The van der Waals surface area contributed by atoms with Gasteiger partial charge in [-0.25, -0.2) is 4.79 Å². The Kier molecular flexibility index (Phi) is 37.0. The summed E-state index contributed by atoms with van der Waals surface area (Å²) in [5.41, 5.74) is 8.21. The first-order chi connectivity index (χ1) is 48.7. The van der Waals surface area contributed by atoms with Gasteiger partial charge in [0, 0.05) is 87.5 Å². The van der Waals surface area contributed by atoms with E-state index in [1.165, 1.54) is 101 Å². The standard InChI is InChI=1S/C77H116N10O13S4/c1-47(2)38-59-73(97)85(16)52(8)72(96)86(17)61(39-48(3)4)64(89)40-49(5)71(95)87(18)62(43-55-34-26-21-27-35-55)74(98)84(15)51(7)67(91)80-50(6)66(90)83-60(42-54-32-24-20-25-33-54)75(99)100-65(46-102-104-77(12,13)14)70(94)81-58(41-53-30-22-19-23-31-53)63(88)44-56(68(92)82-59)36-28-29-37-79-69(93)57(78)45-101-103-76(9,10)11/h19-27,30-35,47-52,56-62,65H,28-29,36-46,78H2,1-18H3,(H,79,93)(H,80,91)(H,81,94)(H,82,92)(H,83,90)/t49-,50+,51+,52+,56-,57+,58+,59+,60+,61+,62+,65?/m1/s1. The Bertz CT molecular complexity index is 3340. The van der Waals surface area contributed by atoms with Gasteiger partial charge in [0.05, 0.1) is 23.9 Å². The first-order valence-electron chi connectivity index (χ1n) is 36.0. The molecule has 0 spiro atoms. The number of amides is 9. The van der Waals surface area contributed by atoms with Crippen molar-refractivity contribution in [1.82, 2.24) is 46.2 Å². The fraction of sp³-hybridized carbons (Fsp3) is 0.610. The number of hydrogen-bond acceptors (Lipinski definition) is 18. The molecule has 0 aromatic heterocycles. The van der Waals surface area contributed by atoms with Gasteiger partial charge in [-0.2, -0.15) is 0 Å². The van der Waals surface area contributed by atoms with Crippen molar-refractivity contribution < 1.29 is 62.3 Å². The fourth-order valence-electron chi connectivity index (χ4n) is 11.5. The predicted molar refractivity (Wildman–Crippen MR) is 417 cm³/mol. The SMILES string of the molecule is CC(C)C[C@@H]1NC(=O)[C@H](CCCCNC(=O)[C@@H](N)CSSC(C)(C)C)CC(=O)[C@H](Cc2ccccc2)NC(=O)C(CSSC(C)(C)C)OC(=O)[C@H](Cc2ccccc2)NC(=O)[C@H](C)NC(=O)[C@H](C)N(C)C(=O)[C@H](Cc2ccccc2)N(C)C(=O)[C@H](C)CC(=O)[C@H](CC(C)C)N(C)C(=O)[C@H](C)N(C)C1=O. The van der Waals surface area contributed by atoms with Gasteiger partial charge in [-0.05, 0) is 81.4 Å². The van der Waals surface area contributed by atoms with E-state index in [-0.39, 0.29) is 84.5 Å². The summed E-state index contributed by atoms with van der Waals surface area (Å²) >= 11 is 0. The number of unbranched alkanes of at least 4 members (excludes halogenated alkanes) is 1. The van der Waals surface area contributed by atoms with Crippen LogP contribution in [0.3, 0.4) is 0 Å². The summed E-state index contributed by atoms with van der Waals surface area (Å²) in [5, 5.41) is 14.1. The van der Waals surface area contributed by atoms with E-state index in [0.717, 1.165) is 0 Å². The third kappa shape index (κ3) is 30.1. The zero-order valence-electron chi connectivity index (χ0n) is 64.2. The van der Waals surface area contributed by atoms with Gasteiger partial charge in [-0.1, -0.05) is 217 Å². The van der Waals surface area contributed by atoms with Gasteiger partial charge >= 0.3 is 5.97 Å². The molecular weight excluding hydrogens is 1400 g/mol. The number of ketones is 2. The van der Waals surface area contributed by atoms with Crippen LogP contribution in [0.1, 0.15) is 159 Å². The maximum Gasteiger partial charge on any atom is 0.329 e. The quantitative estimate of drug-likeness (QED) is 0.0314. The van der Waals surface area contributed by atoms with Crippen molar-refractivity contribution in [2.45, 2.75) is 231 Å². The van der Waals surface area contributed by atoms with Crippen molar-refractivity contribution in [3.63, 3.8) is 0 Å². The topological polar surface area (TPSA) is 313 Å². The number of carbonyl (C=O) groups is 12. The Labute approximate surface area is 633 Å². The van der Waals surface area contributed by atoms with E-state index in [4.69, 9.17) is 10.5 Å². The number of nitrogens with zero attached hydrogens (tertiary/aromatic N) is 4. The predicted octanol–water partition coefficient (Wildman–Crippen LogP) is 8.18.